The van der Waals surface area contributed by atoms with E-state index in [1.54, 1.807) is 6.07 Å². The van der Waals surface area contributed by atoms with Crippen molar-refractivity contribution in [1.29, 1.82) is 5.26 Å². The van der Waals surface area contributed by atoms with Crippen LogP contribution in [-0.2, 0) is 6.18 Å². The van der Waals surface area contributed by atoms with Gasteiger partial charge in [-0.15, -0.1) is 0 Å². The summed E-state index contributed by atoms with van der Waals surface area (Å²) in [7, 11) is 0. The second-order valence-electron chi connectivity index (χ2n) is 10.8. The molecule has 0 aliphatic heterocycles. The van der Waals surface area contributed by atoms with Crippen molar-refractivity contribution in [2.24, 2.45) is 16.6 Å². The van der Waals surface area contributed by atoms with Crippen LogP contribution >= 0.6 is 0 Å². The normalized spacial score (nSPS) is 16.5. The first kappa shape index (κ1) is 28.2. The first-order chi connectivity index (χ1) is 15.9. The molecule has 190 valence electrons. The average Bonchev–Trinajstić information content (AvgIpc) is 2.70. The Labute approximate surface area is 206 Å². The summed E-state index contributed by atoms with van der Waals surface area (Å²) in [5.74, 6) is 1.37. The van der Waals surface area contributed by atoms with E-state index in [2.05, 4.69) is 30.4 Å². The summed E-state index contributed by atoms with van der Waals surface area (Å²) < 4.78 is 44.6. The lowest BCUT2D eigenvalue weighted by Crippen LogP contribution is -2.58. The number of rotatable bonds is 4. The zero-order chi connectivity index (χ0) is 26.9. The Bertz CT molecular complexity index is 1110. The quantitative estimate of drug-likeness (QED) is 0.504. The van der Waals surface area contributed by atoms with Crippen molar-refractivity contribution in [2.45, 2.75) is 80.0 Å². The van der Waals surface area contributed by atoms with Gasteiger partial charge in [0.25, 0.3) is 0 Å². The number of nitriles is 1. The summed E-state index contributed by atoms with van der Waals surface area (Å²) in [5, 5.41) is 8.79. The number of aromatic nitrogens is 2. The molecule has 0 radical (unpaired) electrons. The van der Waals surface area contributed by atoms with Gasteiger partial charge in [0.1, 0.15) is 17.7 Å². The zero-order valence-electron chi connectivity index (χ0n) is 21.8. The molecule has 2 aromatic rings. The van der Waals surface area contributed by atoms with Gasteiger partial charge in [0, 0.05) is 28.0 Å². The fourth-order valence-electron chi connectivity index (χ4n) is 5.14. The van der Waals surface area contributed by atoms with Gasteiger partial charge < -0.3 is 10.5 Å². The van der Waals surface area contributed by atoms with Gasteiger partial charge >= 0.3 is 6.18 Å². The molecule has 1 aliphatic carbocycles. The molecule has 35 heavy (non-hydrogen) atoms. The van der Waals surface area contributed by atoms with Gasteiger partial charge in [0.2, 0.25) is 0 Å². The maximum absolute atomic E-state index is 12.9. The molecule has 1 saturated carbocycles. The van der Waals surface area contributed by atoms with Crippen LogP contribution in [0.3, 0.4) is 0 Å². The third-order valence-corrected chi connectivity index (χ3v) is 6.13. The molecule has 1 heterocycles. The Morgan fingerprint density at radius 3 is 2.03 bits per heavy atom. The highest BCUT2D eigenvalue weighted by Gasteiger charge is 2.55. The number of ether oxygens (including phenoxy) is 1. The van der Waals surface area contributed by atoms with Gasteiger partial charge in [-0.05, 0) is 38.5 Å². The maximum atomic E-state index is 12.9. The van der Waals surface area contributed by atoms with Gasteiger partial charge in [0.05, 0.1) is 28.6 Å². The molecule has 0 spiro atoms. The molecule has 0 saturated heterocycles. The smallest absolute Gasteiger partial charge is 0.417 e. The lowest BCUT2D eigenvalue weighted by molar-refractivity contribution is -0.140. The van der Waals surface area contributed by atoms with Crippen molar-refractivity contribution in [3.8, 4) is 11.8 Å². The summed E-state index contributed by atoms with van der Waals surface area (Å²) in [6.45, 7) is 19.9. The van der Waals surface area contributed by atoms with Crippen molar-refractivity contribution in [2.75, 3.05) is 0 Å². The largest absolute Gasteiger partial charge is 0.489 e. The minimum Gasteiger partial charge on any atom is -0.489 e. The summed E-state index contributed by atoms with van der Waals surface area (Å²) in [6, 6.07) is 5.08. The van der Waals surface area contributed by atoms with Crippen LogP contribution in [0, 0.1) is 36.0 Å². The molecule has 1 aliphatic rings. The van der Waals surface area contributed by atoms with Gasteiger partial charge in [-0.2, -0.15) is 18.4 Å². The van der Waals surface area contributed by atoms with E-state index < -0.39 is 11.7 Å². The Balaban J connectivity index is 0.000000269. The van der Waals surface area contributed by atoms with Gasteiger partial charge in [-0.25, -0.2) is 9.97 Å². The summed E-state index contributed by atoms with van der Waals surface area (Å²) in [4.78, 5) is 8.81. The molecule has 2 N–H and O–H groups in total. The molecule has 1 aromatic carbocycles. The van der Waals surface area contributed by atoms with E-state index >= 15 is 0 Å². The number of hydrogen-bond donors (Lipinski definition) is 1. The highest BCUT2D eigenvalue weighted by Crippen LogP contribution is 2.55. The van der Waals surface area contributed by atoms with Gasteiger partial charge in [0.15, 0.2) is 0 Å². The lowest BCUT2D eigenvalue weighted by atomic mass is 9.53. The Morgan fingerprint density at radius 2 is 1.66 bits per heavy atom. The number of alkyl halides is 3. The van der Waals surface area contributed by atoms with Crippen LogP contribution in [0.15, 0.2) is 24.8 Å². The van der Waals surface area contributed by atoms with Crippen molar-refractivity contribution in [1.82, 2.24) is 9.97 Å². The number of aryl methyl sites for hydroxylation is 2. The molecule has 0 atom stereocenters. The molecule has 0 unspecified atom stereocenters. The second kappa shape index (κ2) is 9.88. The minimum absolute atomic E-state index is 0.0736. The first-order valence-electron chi connectivity index (χ1n) is 11.5. The molecule has 5 nitrogen and oxygen atoms in total. The molecule has 0 bridgehead atoms. The fourth-order valence-corrected chi connectivity index (χ4v) is 5.14. The van der Waals surface area contributed by atoms with Crippen LogP contribution in [0.1, 0.15) is 87.8 Å². The highest BCUT2D eigenvalue weighted by molar-refractivity contribution is 5.63. The predicted octanol–water partition coefficient (Wildman–Crippen LogP) is 6.93. The summed E-state index contributed by atoms with van der Waals surface area (Å²) >= 11 is 0. The molecule has 1 aromatic heterocycles. The number of nitrogens with two attached hydrogens (primary N) is 1. The third-order valence-electron chi connectivity index (χ3n) is 6.13. The summed E-state index contributed by atoms with van der Waals surface area (Å²) in [5.41, 5.74) is 7.43. The van der Waals surface area contributed by atoms with Crippen molar-refractivity contribution in [3.63, 3.8) is 0 Å². The lowest BCUT2D eigenvalue weighted by Gasteiger charge is -2.56. The number of hydrogen-bond acceptors (Lipinski definition) is 5. The fraction of sp³-hybridized carbons (Fsp3) is 0.519. The van der Waals surface area contributed by atoms with Crippen molar-refractivity contribution in [3.05, 3.63) is 58.7 Å². The standard InChI is InChI=1S/C16H18F3NO.C11H17N3/c1-14(2)9-15(3,4)13(14)21-11-6-5-10(8-20)12(7-11)16(17,18)19;1-6(2)11-13-8(4)10(7(3)12)9(5)14-11/h5-7,13H,9H2,1-4H3;6H,3,12H2,1-2,4-5H3. The summed E-state index contributed by atoms with van der Waals surface area (Å²) in [6.07, 6.45) is -3.76. The zero-order valence-corrected chi connectivity index (χ0v) is 21.8. The number of benzene rings is 1. The SMILES string of the molecule is C=C(N)c1c(C)nc(C(C)C)nc1C.CC1(C)CC(C)(C)C1Oc1ccc(C#N)c(C(F)(F)F)c1. The topological polar surface area (TPSA) is 84.8 Å². The van der Waals surface area contributed by atoms with E-state index in [0.29, 0.717) is 11.6 Å². The van der Waals surface area contributed by atoms with Crippen LogP contribution in [0.5, 0.6) is 5.75 Å². The Hall–Kier alpha value is -3.08. The van der Waals surface area contributed by atoms with E-state index in [9.17, 15) is 13.2 Å². The van der Waals surface area contributed by atoms with Crippen LogP contribution < -0.4 is 10.5 Å². The average molecular weight is 489 g/mol. The molecule has 0 amide bonds. The predicted molar refractivity (Wildman–Crippen MR) is 132 cm³/mol. The molecule has 3 rings (SSSR count). The van der Waals surface area contributed by atoms with Crippen LogP contribution in [0.25, 0.3) is 5.70 Å². The maximum Gasteiger partial charge on any atom is 0.417 e. The van der Waals surface area contributed by atoms with E-state index in [0.717, 1.165) is 41.3 Å². The van der Waals surface area contributed by atoms with Crippen LogP contribution in [0.4, 0.5) is 13.2 Å². The number of halogens is 3. The molecular weight excluding hydrogens is 453 g/mol. The molecule has 1 fully saturated rings. The first-order valence-corrected chi connectivity index (χ1v) is 11.5. The molecular formula is C27H35F3N4O. The second-order valence-corrected chi connectivity index (χ2v) is 10.8. The third kappa shape index (κ3) is 6.33. The highest BCUT2D eigenvalue weighted by atomic mass is 19.4. The Morgan fingerprint density at radius 1 is 1.14 bits per heavy atom. The van der Waals surface area contributed by atoms with Crippen molar-refractivity contribution >= 4 is 5.70 Å². The van der Waals surface area contributed by atoms with E-state index in [4.69, 9.17) is 15.7 Å². The van der Waals surface area contributed by atoms with E-state index in [1.807, 2.05) is 41.5 Å². The van der Waals surface area contributed by atoms with Crippen molar-refractivity contribution < 1.29 is 17.9 Å². The number of nitrogens with zero attached hydrogens (tertiary/aromatic N) is 3. The Kier molecular flexibility index (Phi) is 7.95. The van der Waals surface area contributed by atoms with E-state index in [-0.39, 0.29) is 28.2 Å². The minimum atomic E-state index is -4.56. The van der Waals surface area contributed by atoms with Gasteiger partial charge in [-0.1, -0.05) is 48.1 Å². The monoisotopic (exact) mass is 488 g/mol. The van der Waals surface area contributed by atoms with Crippen LogP contribution in [0.2, 0.25) is 0 Å². The molecule has 8 heteroatoms. The van der Waals surface area contributed by atoms with Gasteiger partial charge in [-0.3, -0.25) is 0 Å². The van der Waals surface area contributed by atoms with E-state index in [1.165, 1.54) is 6.07 Å². The van der Waals surface area contributed by atoms with Crippen LogP contribution in [-0.4, -0.2) is 16.1 Å².